The Morgan fingerprint density at radius 3 is 2.72 bits per heavy atom. The highest BCUT2D eigenvalue weighted by molar-refractivity contribution is 7.10. The van der Waals surface area contributed by atoms with Gasteiger partial charge in [-0.3, -0.25) is 14.2 Å². The van der Waals surface area contributed by atoms with Gasteiger partial charge in [0.25, 0.3) is 11.5 Å². The molecule has 2 aliphatic heterocycles. The number of esters is 1. The number of thiazole rings is 1. The number of hydrogen-bond acceptors (Lipinski definition) is 8. The second kappa shape index (κ2) is 9.81. The van der Waals surface area contributed by atoms with Gasteiger partial charge in [0.1, 0.15) is 17.2 Å². The number of carbonyl (C=O) groups is 2. The first-order chi connectivity index (χ1) is 17.5. The van der Waals surface area contributed by atoms with Gasteiger partial charge in [0.2, 0.25) is 0 Å². The van der Waals surface area contributed by atoms with E-state index >= 15 is 0 Å². The topological polar surface area (TPSA) is 90.2 Å². The van der Waals surface area contributed by atoms with Crippen LogP contribution in [0.15, 0.2) is 75.5 Å². The molecule has 1 atom stereocenters. The molecule has 36 heavy (non-hydrogen) atoms. The third-order valence-corrected chi connectivity index (χ3v) is 7.99. The zero-order valence-electron chi connectivity index (χ0n) is 19.7. The Balaban J connectivity index is 1.74. The van der Waals surface area contributed by atoms with Crippen molar-refractivity contribution in [2.75, 3.05) is 31.8 Å². The number of aromatic nitrogens is 1. The minimum Gasteiger partial charge on any atom is -0.460 e. The second-order valence-electron chi connectivity index (χ2n) is 8.14. The molecule has 0 saturated carbocycles. The number of carbonyl (C=O) groups excluding carboxylic acids is 2. The van der Waals surface area contributed by atoms with E-state index in [2.05, 4.69) is 11.6 Å². The standard InChI is InChI=1S/C26H23N3O5S2/c1-4-11-28-17-9-6-5-8-16(17)20(23(28)30)22-24(31)29-21(18-10-7-14-35-18)19(15(2)27-26(29)36-22)25(32)34-13-12-33-3/h4-10,14,21H,1,11-13H2,2-3H3/b22-20-/t21-/m0/s1. The Morgan fingerprint density at radius 1 is 1.19 bits per heavy atom. The summed E-state index contributed by atoms with van der Waals surface area (Å²) in [5, 5.41) is 1.89. The quantitative estimate of drug-likeness (QED) is 0.271. The average Bonchev–Trinajstić information content (AvgIpc) is 3.57. The molecule has 5 rings (SSSR count). The number of allylic oxidation sites excluding steroid dienone is 1. The van der Waals surface area contributed by atoms with Crippen molar-refractivity contribution in [3.63, 3.8) is 0 Å². The second-order valence-corrected chi connectivity index (χ2v) is 10.1. The van der Waals surface area contributed by atoms with Crippen molar-refractivity contribution in [3.8, 4) is 0 Å². The number of hydrogen-bond donors (Lipinski definition) is 0. The lowest BCUT2D eigenvalue weighted by Gasteiger charge is -2.23. The lowest BCUT2D eigenvalue weighted by atomic mass is 10.0. The minimum atomic E-state index is -0.707. The molecule has 1 aromatic carbocycles. The van der Waals surface area contributed by atoms with E-state index in [1.807, 2.05) is 41.8 Å². The lowest BCUT2D eigenvalue weighted by molar-refractivity contribution is -0.140. The van der Waals surface area contributed by atoms with Gasteiger partial charge in [0.05, 0.1) is 29.1 Å². The SMILES string of the molecule is C=CCN1C(=O)/C(=c2\sc3n(c2=O)[C@@H](c2cccs2)C(C(=O)OCCOC)=C(C)N=3)c2ccccc21. The number of amides is 1. The minimum absolute atomic E-state index is 0.0856. The van der Waals surface area contributed by atoms with Crippen LogP contribution in [0.2, 0.25) is 0 Å². The van der Waals surface area contributed by atoms with Crippen LogP contribution in [0.25, 0.3) is 5.57 Å². The molecule has 2 aliphatic rings. The number of para-hydroxylation sites is 1. The molecule has 3 aromatic rings. The van der Waals surface area contributed by atoms with E-state index in [4.69, 9.17) is 9.47 Å². The molecule has 0 saturated heterocycles. The number of fused-ring (bicyclic) bond motifs is 2. The van der Waals surface area contributed by atoms with Gasteiger partial charge in [-0.05, 0) is 24.4 Å². The zero-order valence-corrected chi connectivity index (χ0v) is 21.4. The van der Waals surface area contributed by atoms with E-state index in [1.165, 1.54) is 23.0 Å². The van der Waals surface area contributed by atoms with Crippen LogP contribution in [-0.4, -0.2) is 43.3 Å². The summed E-state index contributed by atoms with van der Waals surface area (Å²) < 4.78 is 12.2. The number of rotatable bonds is 7. The molecule has 0 spiro atoms. The average molecular weight is 522 g/mol. The van der Waals surface area contributed by atoms with Gasteiger partial charge in [-0.1, -0.05) is 41.7 Å². The van der Waals surface area contributed by atoms with Gasteiger partial charge in [0, 0.05) is 24.1 Å². The fraction of sp³-hybridized carbons (Fsp3) is 0.231. The largest absolute Gasteiger partial charge is 0.460 e. The van der Waals surface area contributed by atoms with E-state index in [1.54, 1.807) is 17.9 Å². The monoisotopic (exact) mass is 521 g/mol. The summed E-state index contributed by atoms with van der Waals surface area (Å²) in [6.07, 6.45) is 1.65. The highest BCUT2D eigenvalue weighted by atomic mass is 32.1. The molecule has 184 valence electrons. The summed E-state index contributed by atoms with van der Waals surface area (Å²) in [6.45, 7) is 6.16. The molecule has 0 N–H and O–H groups in total. The van der Waals surface area contributed by atoms with Crippen molar-refractivity contribution in [2.45, 2.75) is 13.0 Å². The number of ether oxygens (including phenoxy) is 2. The molecule has 1 amide bonds. The summed E-state index contributed by atoms with van der Waals surface area (Å²) >= 11 is 2.59. The first kappa shape index (κ1) is 24.1. The van der Waals surface area contributed by atoms with Gasteiger partial charge in [0.15, 0.2) is 4.80 Å². The maximum atomic E-state index is 14.0. The number of nitrogens with zero attached hydrogens (tertiary/aromatic N) is 3. The predicted octanol–water partition coefficient (Wildman–Crippen LogP) is 2.39. The van der Waals surface area contributed by atoms with Crippen molar-refractivity contribution in [1.82, 2.24) is 4.57 Å². The normalized spacial score (nSPS) is 18.1. The number of thiophene rings is 1. The molecule has 10 heteroatoms. The first-order valence-corrected chi connectivity index (χ1v) is 12.9. The van der Waals surface area contributed by atoms with Gasteiger partial charge >= 0.3 is 5.97 Å². The highest BCUT2D eigenvalue weighted by Crippen LogP contribution is 2.36. The van der Waals surface area contributed by atoms with Crippen LogP contribution in [0.1, 0.15) is 23.4 Å². The van der Waals surface area contributed by atoms with Crippen LogP contribution in [-0.2, 0) is 19.1 Å². The van der Waals surface area contributed by atoms with Crippen LogP contribution in [0.4, 0.5) is 5.69 Å². The van der Waals surface area contributed by atoms with Crippen molar-refractivity contribution in [1.29, 1.82) is 0 Å². The summed E-state index contributed by atoms with van der Waals surface area (Å²) in [7, 11) is 1.53. The fourth-order valence-electron chi connectivity index (χ4n) is 4.45. The Hall–Kier alpha value is -3.60. The molecule has 0 bridgehead atoms. The van der Waals surface area contributed by atoms with Gasteiger partial charge in [-0.2, -0.15) is 0 Å². The molecule has 2 aromatic heterocycles. The van der Waals surface area contributed by atoms with Gasteiger partial charge in [-0.15, -0.1) is 17.9 Å². The van der Waals surface area contributed by atoms with Crippen molar-refractivity contribution in [3.05, 3.63) is 95.8 Å². The number of methoxy groups -OCH3 is 1. The van der Waals surface area contributed by atoms with Crippen molar-refractivity contribution < 1.29 is 19.1 Å². The molecule has 0 fully saturated rings. The molecule has 0 radical (unpaired) electrons. The Labute approximate surface area is 214 Å². The van der Waals surface area contributed by atoms with Gasteiger partial charge < -0.3 is 14.4 Å². The Morgan fingerprint density at radius 2 is 2.00 bits per heavy atom. The third kappa shape index (κ3) is 3.87. The first-order valence-electron chi connectivity index (χ1n) is 11.2. The Bertz CT molecular complexity index is 1580. The molecule has 8 nitrogen and oxygen atoms in total. The molecular formula is C26H23N3O5S2. The maximum Gasteiger partial charge on any atom is 0.338 e. The van der Waals surface area contributed by atoms with Crippen molar-refractivity contribution >= 4 is 45.8 Å². The highest BCUT2D eigenvalue weighted by Gasteiger charge is 2.37. The van der Waals surface area contributed by atoms with E-state index in [-0.39, 0.29) is 24.7 Å². The van der Waals surface area contributed by atoms with Crippen LogP contribution >= 0.6 is 22.7 Å². The number of anilines is 1. The molecule has 0 aliphatic carbocycles. The van der Waals surface area contributed by atoms with Crippen LogP contribution in [0.3, 0.4) is 0 Å². The van der Waals surface area contributed by atoms with E-state index in [9.17, 15) is 14.4 Å². The smallest absolute Gasteiger partial charge is 0.338 e. The van der Waals surface area contributed by atoms with E-state index in [0.717, 1.165) is 21.9 Å². The lowest BCUT2D eigenvalue weighted by Crippen LogP contribution is -2.40. The van der Waals surface area contributed by atoms with Crippen LogP contribution in [0.5, 0.6) is 0 Å². The third-order valence-electron chi connectivity index (χ3n) is 6.01. The molecule has 0 unspecified atom stereocenters. The zero-order chi connectivity index (χ0) is 25.4. The van der Waals surface area contributed by atoms with Gasteiger partial charge in [-0.25, -0.2) is 9.79 Å². The molecular weight excluding hydrogens is 498 g/mol. The van der Waals surface area contributed by atoms with Crippen LogP contribution < -0.4 is 19.8 Å². The summed E-state index contributed by atoms with van der Waals surface area (Å²) in [4.78, 5) is 48.0. The Kier molecular flexibility index (Phi) is 6.57. The maximum absolute atomic E-state index is 14.0. The summed E-state index contributed by atoms with van der Waals surface area (Å²) in [5.41, 5.74) is 2.16. The predicted molar refractivity (Wildman–Crippen MR) is 139 cm³/mol. The van der Waals surface area contributed by atoms with Crippen molar-refractivity contribution in [2.24, 2.45) is 4.99 Å². The fourth-order valence-corrected chi connectivity index (χ4v) is 6.41. The van der Waals surface area contributed by atoms with E-state index in [0.29, 0.717) is 38.3 Å². The number of benzene rings is 1. The van der Waals surface area contributed by atoms with E-state index < -0.39 is 12.0 Å². The van der Waals surface area contributed by atoms with Crippen LogP contribution in [0, 0.1) is 0 Å². The summed E-state index contributed by atoms with van der Waals surface area (Å²) in [5.74, 6) is -0.812. The molecule has 4 heterocycles. The summed E-state index contributed by atoms with van der Waals surface area (Å²) in [6, 6.07) is 10.4.